The molecule has 1 aliphatic rings. The number of anilines is 2. The molecular formula is C17H24N6. The Bertz CT molecular complexity index is 644. The molecule has 2 aromatic rings. The van der Waals surface area contributed by atoms with Gasteiger partial charge in [-0.05, 0) is 33.1 Å². The van der Waals surface area contributed by atoms with Gasteiger partial charge < -0.3 is 10.2 Å². The molecule has 3 heterocycles. The Hall–Kier alpha value is -2.24. The van der Waals surface area contributed by atoms with E-state index in [-0.39, 0.29) is 0 Å². The van der Waals surface area contributed by atoms with Gasteiger partial charge in [-0.15, -0.1) is 0 Å². The van der Waals surface area contributed by atoms with Gasteiger partial charge in [-0.3, -0.25) is 0 Å². The maximum atomic E-state index is 4.47. The fraction of sp³-hybridized carbons (Fsp3) is 0.529. The van der Waals surface area contributed by atoms with Crippen LogP contribution in [-0.2, 0) is 6.42 Å². The zero-order valence-corrected chi connectivity index (χ0v) is 14.1. The van der Waals surface area contributed by atoms with Crippen molar-refractivity contribution >= 4 is 11.6 Å². The van der Waals surface area contributed by atoms with Gasteiger partial charge in [0.1, 0.15) is 23.8 Å². The largest absolute Gasteiger partial charge is 0.367 e. The Morgan fingerprint density at radius 1 is 1.13 bits per heavy atom. The van der Waals surface area contributed by atoms with Crippen LogP contribution in [0.25, 0.3) is 0 Å². The predicted molar refractivity (Wildman–Crippen MR) is 91.8 cm³/mol. The molecule has 1 aliphatic heterocycles. The van der Waals surface area contributed by atoms with Crippen molar-refractivity contribution in [2.45, 2.75) is 46.1 Å². The molecule has 3 rings (SSSR count). The van der Waals surface area contributed by atoms with Crippen LogP contribution in [0.4, 0.5) is 11.6 Å². The van der Waals surface area contributed by atoms with E-state index in [1.54, 1.807) is 6.33 Å². The molecule has 6 heteroatoms. The predicted octanol–water partition coefficient (Wildman–Crippen LogP) is 2.53. The molecule has 0 aliphatic carbocycles. The highest BCUT2D eigenvalue weighted by Gasteiger charge is 2.20. The molecule has 1 N–H and O–H groups in total. The lowest BCUT2D eigenvalue weighted by atomic mass is 10.0. The lowest BCUT2D eigenvalue weighted by Crippen LogP contribution is -2.39. The zero-order chi connectivity index (χ0) is 16.2. The average Bonchev–Trinajstić information content (AvgIpc) is 2.55. The van der Waals surface area contributed by atoms with Gasteiger partial charge in [-0.1, -0.05) is 6.92 Å². The second kappa shape index (κ2) is 6.89. The number of piperidine rings is 1. The monoisotopic (exact) mass is 312 g/mol. The molecule has 0 aromatic carbocycles. The molecule has 0 amide bonds. The number of hydrogen-bond acceptors (Lipinski definition) is 6. The van der Waals surface area contributed by atoms with Gasteiger partial charge in [0.05, 0.1) is 0 Å². The van der Waals surface area contributed by atoms with Crippen molar-refractivity contribution in [1.29, 1.82) is 0 Å². The smallest absolute Gasteiger partial charge is 0.132 e. The van der Waals surface area contributed by atoms with Gasteiger partial charge in [-0.25, -0.2) is 19.9 Å². The molecular weight excluding hydrogens is 288 g/mol. The topological polar surface area (TPSA) is 66.8 Å². The number of nitrogens with zero attached hydrogens (tertiary/aromatic N) is 5. The van der Waals surface area contributed by atoms with Crippen molar-refractivity contribution in [1.82, 2.24) is 19.9 Å². The van der Waals surface area contributed by atoms with Gasteiger partial charge >= 0.3 is 0 Å². The maximum absolute atomic E-state index is 4.47. The molecule has 122 valence electrons. The Labute approximate surface area is 137 Å². The molecule has 6 nitrogen and oxygen atoms in total. The molecule has 0 bridgehead atoms. The van der Waals surface area contributed by atoms with Crippen LogP contribution in [-0.4, -0.2) is 39.1 Å². The summed E-state index contributed by atoms with van der Waals surface area (Å²) >= 11 is 0. The first kappa shape index (κ1) is 15.6. The fourth-order valence-corrected chi connectivity index (χ4v) is 3.00. The maximum Gasteiger partial charge on any atom is 0.132 e. The second-order valence-electron chi connectivity index (χ2n) is 6.07. The normalized spacial score (nSPS) is 15.7. The van der Waals surface area contributed by atoms with Gasteiger partial charge in [0, 0.05) is 42.7 Å². The van der Waals surface area contributed by atoms with E-state index in [1.807, 2.05) is 19.9 Å². The summed E-state index contributed by atoms with van der Waals surface area (Å²) < 4.78 is 0. The summed E-state index contributed by atoms with van der Waals surface area (Å²) in [4.78, 5) is 19.8. The third-order valence-electron chi connectivity index (χ3n) is 4.21. The van der Waals surface area contributed by atoms with Gasteiger partial charge in [0.25, 0.3) is 0 Å². The van der Waals surface area contributed by atoms with Gasteiger partial charge in [0.15, 0.2) is 0 Å². The first-order chi connectivity index (χ1) is 11.1. The zero-order valence-electron chi connectivity index (χ0n) is 14.1. The van der Waals surface area contributed by atoms with Crippen molar-refractivity contribution in [3.63, 3.8) is 0 Å². The van der Waals surface area contributed by atoms with E-state index in [9.17, 15) is 0 Å². The van der Waals surface area contributed by atoms with Crippen LogP contribution in [0.5, 0.6) is 0 Å². The van der Waals surface area contributed by atoms with E-state index in [0.29, 0.717) is 6.04 Å². The quantitative estimate of drug-likeness (QED) is 0.936. The third-order valence-corrected chi connectivity index (χ3v) is 4.21. The van der Waals surface area contributed by atoms with E-state index in [1.165, 1.54) is 0 Å². The fourth-order valence-electron chi connectivity index (χ4n) is 3.00. The molecule has 2 aromatic heterocycles. The first-order valence-electron chi connectivity index (χ1n) is 8.28. The second-order valence-corrected chi connectivity index (χ2v) is 6.07. The summed E-state index contributed by atoms with van der Waals surface area (Å²) in [5, 5.41) is 3.55. The Morgan fingerprint density at radius 2 is 1.91 bits per heavy atom. The van der Waals surface area contributed by atoms with E-state index in [0.717, 1.165) is 61.2 Å². The molecule has 1 saturated heterocycles. The molecule has 1 fully saturated rings. The molecule has 0 saturated carbocycles. The van der Waals surface area contributed by atoms with Crippen molar-refractivity contribution in [2.24, 2.45) is 0 Å². The lowest BCUT2D eigenvalue weighted by molar-refractivity contribution is 0.521. The summed E-state index contributed by atoms with van der Waals surface area (Å²) in [6, 6.07) is 4.56. The van der Waals surface area contributed by atoms with Crippen LogP contribution < -0.4 is 10.2 Å². The molecule has 23 heavy (non-hydrogen) atoms. The van der Waals surface area contributed by atoms with Crippen molar-refractivity contribution in [3.05, 3.63) is 35.7 Å². The molecule has 0 radical (unpaired) electrons. The number of rotatable bonds is 4. The molecule has 0 spiro atoms. The third kappa shape index (κ3) is 3.94. The summed E-state index contributed by atoms with van der Waals surface area (Å²) in [5.41, 5.74) is 2.10. The number of aromatic nitrogens is 4. The van der Waals surface area contributed by atoms with Crippen molar-refractivity contribution in [3.8, 4) is 0 Å². The Balaban J connectivity index is 1.59. The summed E-state index contributed by atoms with van der Waals surface area (Å²) in [6.07, 6.45) is 4.77. The average molecular weight is 312 g/mol. The van der Waals surface area contributed by atoms with E-state index >= 15 is 0 Å². The minimum atomic E-state index is 0.451. The van der Waals surface area contributed by atoms with Crippen molar-refractivity contribution in [2.75, 3.05) is 23.3 Å². The number of hydrogen-bond donors (Lipinski definition) is 1. The summed E-state index contributed by atoms with van der Waals surface area (Å²) in [6.45, 7) is 8.06. The van der Waals surface area contributed by atoms with Gasteiger partial charge in [-0.2, -0.15) is 0 Å². The van der Waals surface area contributed by atoms with Crippen LogP contribution in [0.2, 0.25) is 0 Å². The van der Waals surface area contributed by atoms with Crippen LogP contribution in [0.1, 0.15) is 37.0 Å². The van der Waals surface area contributed by atoms with Crippen LogP contribution >= 0.6 is 0 Å². The SMILES string of the molecule is CCc1cc(N2CCC(Nc3cc(C)nc(C)n3)CC2)ncn1. The minimum absolute atomic E-state index is 0.451. The van der Waals surface area contributed by atoms with Crippen molar-refractivity contribution < 1.29 is 0 Å². The van der Waals surface area contributed by atoms with Crippen LogP contribution in [0.3, 0.4) is 0 Å². The number of nitrogens with one attached hydrogen (secondary N) is 1. The summed E-state index contributed by atoms with van der Waals surface area (Å²) in [5.74, 6) is 2.80. The Morgan fingerprint density at radius 3 is 2.61 bits per heavy atom. The van der Waals surface area contributed by atoms with Crippen LogP contribution in [0, 0.1) is 13.8 Å². The first-order valence-corrected chi connectivity index (χ1v) is 8.28. The number of aryl methyl sites for hydroxylation is 3. The minimum Gasteiger partial charge on any atom is -0.367 e. The highest BCUT2D eigenvalue weighted by molar-refractivity contribution is 5.41. The van der Waals surface area contributed by atoms with E-state index in [4.69, 9.17) is 0 Å². The highest BCUT2D eigenvalue weighted by atomic mass is 15.2. The highest BCUT2D eigenvalue weighted by Crippen LogP contribution is 2.20. The standard InChI is InChI=1S/C17H24N6/c1-4-14-10-17(19-11-18-14)23-7-5-15(6-8-23)22-16-9-12(2)20-13(3)21-16/h9-11,15H,4-8H2,1-3H3,(H,20,21,22). The van der Waals surface area contributed by atoms with Crippen LogP contribution in [0.15, 0.2) is 18.5 Å². The molecule has 0 atom stereocenters. The Kier molecular flexibility index (Phi) is 4.69. The lowest BCUT2D eigenvalue weighted by Gasteiger charge is -2.33. The van der Waals surface area contributed by atoms with Gasteiger partial charge in [0.2, 0.25) is 0 Å². The van der Waals surface area contributed by atoms with E-state index in [2.05, 4.69) is 43.1 Å². The van der Waals surface area contributed by atoms with E-state index < -0.39 is 0 Å². The summed E-state index contributed by atoms with van der Waals surface area (Å²) in [7, 11) is 0. The molecule has 0 unspecified atom stereocenters.